The zero-order valence-corrected chi connectivity index (χ0v) is 16.0. The fraction of sp³-hybridized carbons (Fsp3) is 0.100. The number of aromatic nitrogens is 4. The van der Waals surface area contributed by atoms with Gasteiger partial charge < -0.3 is 14.5 Å². The molecule has 4 rings (SSSR count). The normalized spacial score (nSPS) is 10.8. The van der Waals surface area contributed by atoms with Gasteiger partial charge in [-0.15, -0.1) is 0 Å². The van der Waals surface area contributed by atoms with Crippen LogP contribution in [0.2, 0.25) is 5.02 Å². The first-order valence-electron chi connectivity index (χ1n) is 8.60. The lowest BCUT2D eigenvalue weighted by molar-refractivity contribution is 0.0451. The molecule has 0 aliphatic carbocycles. The number of methoxy groups -OCH3 is 1. The van der Waals surface area contributed by atoms with Crippen LogP contribution < -0.4 is 10.3 Å². The second kappa shape index (κ2) is 7.76. The summed E-state index contributed by atoms with van der Waals surface area (Å²) in [5, 5.41) is 5.10. The average molecular weight is 411 g/mol. The van der Waals surface area contributed by atoms with E-state index in [2.05, 4.69) is 15.1 Å². The van der Waals surface area contributed by atoms with Crippen LogP contribution >= 0.6 is 11.6 Å². The van der Waals surface area contributed by atoms with E-state index in [0.29, 0.717) is 15.9 Å². The van der Waals surface area contributed by atoms with Crippen molar-refractivity contribution in [3.63, 3.8) is 0 Å². The summed E-state index contributed by atoms with van der Waals surface area (Å²) in [6, 6.07) is 14.0. The molecule has 29 heavy (non-hydrogen) atoms. The summed E-state index contributed by atoms with van der Waals surface area (Å²) in [7, 11) is 1.44. The summed E-state index contributed by atoms with van der Waals surface area (Å²) in [6.45, 7) is -0.238. The Kier molecular flexibility index (Phi) is 5.01. The van der Waals surface area contributed by atoms with E-state index in [1.807, 2.05) is 30.3 Å². The summed E-state index contributed by atoms with van der Waals surface area (Å²) in [5.41, 5.74) is 0.853. The van der Waals surface area contributed by atoms with Crippen LogP contribution in [0.25, 0.3) is 16.6 Å². The molecule has 0 saturated heterocycles. The van der Waals surface area contributed by atoms with Crippen molar-refractivity contribution < 1.29 is 14.3 Å². The molecule has 0 radical (unpaired) electrons. The average Bonchev–Trinajstić information content (AvgIpc) is 3.17. The van der Waals surface area contributed by atoms with Crippen LogP contribution in [-0.2, 0) is 11.3 Å². The smallest absolute Gasteiger partial charge is 0.363 e. The molecule has 4 aromatic rings. The molecule has 2 aromatic carbocycles. The van der Waals surface area contributed by atoms with Crippen molar-refractivity contribution >= 4 is 28.5 Å². The van der Waals surface area contributed by atoms with E-state index >= 15 is 0 Å². The van der Waals surface area contributed by atoms with Gasteiger partial charge in [0.1, 0.15) is 12.4 Å². The molecule has 0 aliphatic rings. The minimum atomic E-state index is -0.703. The van der Waals surface area contributed by atoms with Crippen molar-refractivity contribution in [2.75, 3.05) is 7.11 Å². The van der Waals surface area contributed by atoms with Gasteiger partial charge in [-0.25, -0.2) is 14.5 Å². The molecule has 2 aromatic heterocycles. The number of hydrogen-bond acceptors (Lipinski definition) is 6. The molecule has 0 unspecified atom stereocenters. The molecule has 0 fully saturated rings. The molecule has 0 atom stereocenters. The fourth-order valence-electron chi connectivity index (χ4n) is 2.79. The quantitative estimate of drug-likeness (QED) is 0.507. The zero-order chi connectivity index (χ0) is 20.4. The minimum Gasteiger partial charge on any atom is -0.493 e. The topological polar surface area (TPSA) is 99.1 Å². The third-order valence-corrected chi connectivity index (χ3v) is 4.41. The third kappa shape index (κ3) is 3.83. The first-order valence-corrected chi connectivity index (χ1v) is 8.97. The van der Waals surface area contributed by atoms with Crippen molar-refractivity contribution in [1.82, 2.24) is 19.7 Å². The van der Waals surface area contributed by atoms with E-state index in [0.717, 1.165) is 5.69 Å². The van der Waals surface area contributed by atoms with Gasteiger partial charge in [-0.2, -0.15) is 5.10 Å². The van der Waals surface area contributed by atoms with Crippen LogP contribution in [-0.4, -0.2) is 32.8 Å². The van der Waals surface area contributed by atoms with E-state index in [9.17, 15) is 9.59 Å². The predicted molar refractivity (Wildman–Crippen MR) is 107 cm³/mol. The molecule has 9 heteroatoms. The number of H-pyrrole nitrogens is 1. The van der Waals surface area contributed by atoms with Crippen molar-refractivity contribution in [3.8, 4) is 11.4 Å². The molecule has 0 amide bonds. The minimum absolute atomic E-state index is 0.0162. The first-order chi connectivity index (χ1) is 14.0. The number of nitrogens with zero attached hydrogens (tertiary/aromatic N) is 3. The number of para-hydroxylation sites is 1. The van der Waals surface area contributed by atoms with Crippen LogP contribution in [0, 0.1) is 0 Å². The number of aromatic amines is 1. The lowest BCUT2D eigenvalue weighted by atomic mass is 10.2. The van der Waals surface area contributed by atoms with Crippen molar-refractivity contribution in [2.24, 2.45) is 0 Å². The number of fused-ring (bicyclic) bond motifs is 1. The number of benzene rings is 2. The van der Waals surface area contributed by atoms with Crippen LogP contribution in [0.5, 0.6) is 5.75 Å². The van der Waals surface area contributed by atoms with Crippen molar-refractivity contribution in [3.05, 3.63) is 81.6 Å². The molecular formula is C20H15ClN4O4. The van der Waals surface area contributed by atoms with Gasteiger partial charge in [0.2, 0.25) is 5.69 Å². The summed E-state index contributed by atoms with van der Waals surface area (Å²) >= 11 is 5.96. The van der Waals surface area contributed by atoms with Crippen molar-refractivity contribution in [2.45, 2.75) is 6.61 Å². The second-order valence-corrected chi connectivity index (χ2v) is 6.51. The Labute approximate surface area is 169 Å². The number of nitrogens with one attached hydrogen (secondary N) is 1. The molecular weight excluding hydrogens is 396 g/mol. The molecule has 8 nitrogen and oxygen atoms in total. The van der Waals surface area contributed by atoms with Gasteiger partial charge in [-0.3, -0.25) is 4.79 Å². The maximum atomic E-state index is 12.5. The summed E-state index contributed by atoms with van der Waals surface area (Å²) < 4.78 is 12.0. The van der Waals surface area contributed by atoms with Crippen LogP contribution in [0.1, 0.15) is 16.3 Å². The Morgan fingerprint density at radius 2 is 2.00 bits per heavy atom. The van der Waals surface area contributed by atoms with Gasteiger partial charge in [-0.05, 0) is 30.3 Å². The molecule has 1 N–H and O–H groups in total. The predicted octanol–water partition coefficient (Wildman–Crippen LogP) is 3.13. The van der Waals surface area contributed by atoms with Crippen molar-refractivity contribution in [1.29, 1.82) is 0 Å². The van der Waals surface area contributed by atoms with E-state index in [1.165, 1.54) is 11.8 Å². The number of ether oxygens (including phenoxy) is 2. The SMILES string of the molecule is COc1cn(-c2ccccc2)nc1C(=O)OCc1nc2cc(Cl)ccc2c(=O)[nH]1. The monoisotopic (exact) mass is 410 g/mol. The molecule has 0 aliphatic heterocycles. The molecule has 0 spiro atoms. The molecule has 0 bridgehead atoms. The number of carbonyl (C=O) groups is 1. The molecule has 0 saturated carbocycles. The third-order valence-electron chi connectivity index (χ3n) is 4.17. The lowest BCUT2D eigenvalue weighted by Gasteiger charge is -2.05. The summed E-state index contributed by atoms with van der Waals surface area (Å²) in [5.74, 6) is -0.240. The van der Waals surface area contributed by atoms with Gasteiger partial charge in [0.05, 0.1) is 29.9 Å². The number of carbonyl (C=O) groups excluding carboxylic acids is 1. The summed E-state index contributed by atoms with van der Waals surface area (Å²) in [6.07, 6.45) is 1.59. The van der Waals surface area contributed by atoms with Gasteiger partial charge in [0.25, 0.3) is 5.56 Å². The Bertz CT molecular complexity index is 1250. The largest absolute Gasteiger partial charge is 0.493 e. The Balaban J connectivity index is 1.57. The Hall–Kier alpha value is -3.65. The van der Waals surface area contributed by atoms with E-state index in [-0.39, 0.29) is 29.4 Å². The summed E-state index contributed by atoms with van der Waals surface area (Å²) in [4.78, 5) is 31.6. The second-order valence-electron chi connectivity index (χ2n) is 6.08. The maximum Gasteiger partial charge on any atom is 0.363 e. The number of hydrogen-bond donors (Lipinski definition) is 1. The van der Waals surface area contributed by atoms with Gasteiger partial charge in [-0.1, -0.05) is 29.8 Å². The van der Waals surface area contributed by atoms with Crippen LogP contribution in [0.4, 0.5) is 0 Å². The highest BCUT2D eigenvalue weighted by atomic mass is 35.5. The van der Waals surface area contributed by atoms with Crippen LogP contribution in [0.15, 0.2) is 59.5 Å². The number of rotatable bonds is 5. The highest BCUT2D eigenvalue weighted by molar-refractivity contribution is 6.31. The number of esters is 1. The highest BCUT2D eigenvalue weighted by Crippen LogP contribution is 2.21. The Morgan fingerprint density at radius 3 is 2.76 bits per heavy atom. The van der Waals surface area contributed by atoms with E-state index < -0.39 is 5.97 Å². The van der Waals surface area contributed by atoms with Gasteiger partial charge in [0, 0.05) is 5.02 Å². The highest BCUT2D eigenvalue weighted by Gasteiger charge is 2.20. The first kappa shape index (κ1) is 18.7. The lowest BCUT2D eigenvalue weighted by Crippen LogP contribution is -2.15. The zero-order valence-electron chi connectivity index (χ0n) is 15.3. The van der Waals surface area contributed by atoms with E-state index in [1.54, 1.807) is 24.4 Å². The van der Waals surface area contributed by atoms with Gasteiger partial charge >= 0.3 is 5.97 Å². The molecule has 2 heterocycles. The van der Waals surface area contributed by atoms with Crippen LogP contribution in [0.3, 0.4) is 0 Å². The number of halogens is 1. The fourth-order valence-corrected chi connectivity index (χ4v) is 2.96. The molecule has 146 valence electrons. The van der Waals surface area contributed by atoms with E-state index in [4.69, 9.17) is 21.1 Å². The maximum absolute atomic E-state index is 12.5. The standard InChI is InChI=1S/C20H15ClN4O4/c1-28-16-10-25(13-5-3-2-4-6-13)24-18(16)20(27)29-11-17-22-15-9-12(21)7-8-14(15)19(26)23-17/h2-10H,11H2,1H3,(H,22,23,26). The van der Waals surface area contributed by atoms with Gasteiger partial charge in [0.15, 0.2) is 5.75 Å². The Morgan fingerprint density at radius 1 is 1.21 bits per heavy atom.